The molecule has 1 atom stereocenters. The zero-order valence-electron chi connectivity index (χ0n) is 15.3. The summed E-state index contributed by atoms with van der Waals surface area (Å²) in [7, 11) is 1.40. The van der Waals surface area contributed by atoms with Gasteiger partial charge in [-0.25, -0.2) is 4.79 Å². The number of hydrogen-bond donors (Lipinski definition) is 2. The Morgan fingerprint density at radius 1 is 1.14 bits per heavy atom. The molecule has 2 amide bonds. The van der Waals surface area contributed by atoms with Crippen molar-refractivity contribution in [2.45, 2.75) is 19.0 Å². The molecule has 1 aliphatic heterocycles. The van der Waals surface area contributed by atoms with Crippen molar-refractivity contribution in [1.82, 2.24) is 4.90 Å². The van der Waals surface area contributed by atoms with Crippen LogP contribution in [0.1, 0.15) is 21.5 Å². The summed E-state index contributed by atoms with van der Waals surface area (Å²) in [5.41, 5.74) is 7.17. The molecule has 146 valence electrons. The fraction of sp³-hybridized carbons (Fsp3) is 0.250. The number of hydrogen-bond acceptors (Lipinski definition) is 5. The van der Waals surface area contributed by atoms with Crippen LogP contribution in [0.5, 0.6) is 11.5 Å². The molecule has 8 heteroatoms. The van der Waals surface area contributed by atoms with Crippen molar-refractivity contribution in [3.63, 3.8) is 0 Å². The zero-order chi connectivity index (χ0) is 20.3. The number of benzene rings is 2. The van der Waals surface area contributed by atoms with Crippen LogP contribution in [-0.4, -0.2) is 47.5 Å². The van der Waals surface area contributed by atoms with Crippen LogP contribution in [-0.2, 0) is 22.6 Å². The first-order chi connectivity index (χ1) is 13.4. The van der Waals surface area contributed by atoms with Gasteiger partial charge >= 0.3 is 5.97 Å². The molecular weight excluding hydrogens is 364 g/mol. The minimum atomic E-state index is -1.06. The Morgan fingerprint density at radius 3 is 2.50 bits per heavy atom. The van der Waals surface area contributed by atoms with Crippen LogP contribution in [0.4, 0.5) is 0 Å². The molecule has 0 aliphatic carbocycles. The second kappa shape index (κ2) is 7.99. The van der Waals surface area contributed by atoms with Crippen molar-refractivity contribution in [2.24, 2.45) is 5.73 Å². The van der Waals surface area contributed by atoms with Gasteiger partial charge in [-0.15, -0.1) is 0 Å². The lowest BCUT2D eigenvalue weighted by Crippen LogP contribution is -2.48. The number of ether oxygens (including phenoxy) is 2. The van der Waals surface area contributed by atoms with Crippen LogP contribution in [0, 0.1) is 0 Å². The molecule has 0 fully saturated rings. The van der Waals surface area contributed by atoms with Gasteiger partial charge in [-0.3, -0.25) is 9.59 Å². The number of rotatable bonds is 6. The first-order valence-electron chi connectivity index (χ1n) is 8.60. The number of aliphatic carboxylic acids is 1. The van der Waals surface area contributed by atoms with Gasteiger partial charge in [-0.05, 0) is 29.3 Å². The lowest BCUT2D eigenvalue weighted by molar-refractivity contribution is -0.142. The molecule has 0 radical (unpaired) electrons. The van der Waals surface area contributed by atoms with E-state index in [9.17, 15) is 19.5 Å². The van der Waals surface area contributed by atoms with E-state index >= 15 is 0 Å². The standard InChI is InChI=1S/C20H20N2O6/c1-27-17-9-13(6-7-16(17)28-11-18(21)23)19(24)22-10-14-5-3-2-4-12(14)8-15(22)20(25)26/h2-7,9,15H,8,10-11H2,1H3,(H2,21,23)(H,25,26). The monoisotopic (exact) mass is 384 g/mol. The fourth-order valence-corrected chi connectivity index (χ4v) is 3.19. The smallest absolute Gasteiger partial charge is 0.326 e. The Labute approximate surface area is 161 Å². The fourth-order valence-electron chi connectivity index (χ4n) is 3.19. The molecule has 0 aromatic heterocycles. The van der Waals surface area contributed by atoms with E-state index in [1.807, 2.05) is 24.3 Å². The maximum absolute atomic E-state index is 13.1. The third kappa shape index (κ3) is 3.90. The third-order valence-corrected chi connectivity index (χ3v) is 4.57. The Morgan fingerprint density at radius 2 is 1.86 bits per heavy atom. The molecule has 8 nitrogen and oxygen atoms in total. The van der Waals surface area contributed by atoms with E-state index in [4.69, 9.17) is 15.2 Å². The number of nitrogens with zero attached hydrogens (tertiary/aromatic N) is 1. The molecular formula is C20H20N2O6. The van der Waals surface area contributed by atoms with Crippen LogP contribution in [0.3, 0.4) is 0 Å². The van der Waals surface area contributed by atoms with Crippen LogP contribution >= 0.6 is 0 Å². The van der Waals surface area contributed by atoms with Gasteiger partial charge in [-0.2, -0.15) is 0 Å². The number of carboxylic acid groups (broad SMARTS) is 1. The van der Waals surface area contributed by atoms with E-state index in [0.717, 1.165) is 11.1 Å². The summed E-state index contributed by atoms with van der Waals surface area (Å²) >= 11 is 0. The van der Waals surface area contributed by atoms with Gasteiger partial charge in [0.1, 0.15) is 6.04 Å². The maximum atomic E-state index is 13.1. The van der Waals surface area contributed by atoms with E-state index < -0.39 is 23.8 Å². The van der Waals surface area contributed by atoms with Crippen molar-refractivity contribution in [3.8, 4) is 11.5 Å². The highest BCUT2D eigenvalue weighted by atomic mass is 16.5. The molecule has 2 aromatic rings. The Balaban J connectivity index is 1.89. The van der Waals surface area contributed by atoms with Crippen LogP contribution in [0.25, 0.3) is 0 Å². The van der Waals surface area contributed by atoms with Crippen LogP contribution in [0.15, 0.2) is 42.5 Å². The number of methoxy groups -OCH3 is 1. The number of amides is 2. The highest BCUT2D eigenvalue weighted by molar-refractivity contribution is 5.97. The minimum Gasteiger partial charge on any atom is -0.493 e. The second-order valence-electron chi connectivity index (χ2n) is 6.38. The predicted molar refractivity (Wildman–Crippen MR) is 99.1 cm³/mol. The first kappa shape index (κ1) is 19.2. The lowest BCUT2D eigenvalue weighted by atomic mass is 9.93. The second-order valence-corrected chi connectivity index (χ2v) is 6.38. The molecule has 0 saturated carbocycles. The van der Waals surface area contributed by atoms with Gasteiger partial charge in [0.15, 0.2) is 18.1 Å². The number of carbonyl (C=O) groups excluding carboxylic acids is 2. The SMILES string of the molecule is COc1cc(C(=O)N2Cc3ccccc3CC2C(=O)O)ccc1OCC(N)=O. The first-order valence-corrected chi connectivity index (χ1v) is 8.60. The largest absolute Gasteiger partial charge is 0.493 e. The van der Waals surface area contributed by atoms with E-state index in [0.29, 0.717) is 0 Å². The molecule has 2 aromatic carbocycles. The van der Waals surface area contributed by atoms with Gasteiger partial charge in [0.2, 0.25) is 0 Å². The number of carboxylic acids is 1. The Bertz CT molecular complexity index is 927. The Kier molecular flexibility index (Phi) is 5.49. The molecule has 0 spiro atoms. The van der Waals surface area contributed by atoms with Gasteiger partial charge < -0.3 is 25.2 Å². The van der Waals surface area contributed by atoms with Gasteiger partial charge in [-0.1, -0.05) is 24.3 Å². The zero-order valence-corrected chi connectivity index (χ0v) is 15.3. The summed E-state index contributed by atoms with van der Waals surface area (Å²) in [5, 5.41) is 9.61. The molecule has 3 N–H and O–H groups in total. The van der Waals surface area contributed by atoms with Gasteiger partial charge in [0.05, 0.1) is 7.11 Å². The summed E-state index contributed by atoms with van der Waals surface area (Å²) < 4.78 is 10.5. The molecule has 1 unspecified atom stereocenters. The lowest BCUT2D eigenvalue weighted by Gasteiger charge is -2.34. The molecule has 1 aliphatic rings. The average molecular weight is 384 g/mol. The van der Waals surface area contributed by atoms with Gasteiger partial charge in [0.25, 0.3) is 11.8 Å². The summed E-state index contributed by atoms with van der Waals surface area (Å²) in [6.45, 7) is -0.123. The molecule has 3 rings (SSSR count). The van der Waals surface area contributed by atoms with E-state index in [2.05, 4.69) is 0 Å². The number of fused-ring (bicyclic) bond motifs is 1. The highest BCUT2D eigenvalue weighted by Gasteiger charge is 2.35. The normalized spacial score (nSPS) is 15.5. The summed E-state index contributed by atoms with van der Waals surface area (Å²) in [4.78, 5) is 37.0. The van der Waals surface area contributed by atoms with Crippen LogP contribution < -0.4 is 15.2 Å². The van der Waals surface area contributed by atoms with E-state index in [1.54, 1.807) is 0 Å². The van der Waals surface area contributed by atoms with Crippen molar-refractivity contribution in [1.29, 1.82) is 0 Å². The summed E-state index contributed by atoms with van der Waals surface area (Å²) in [6, 6.07) is 11.0. The number of carbonyl (C=O) groups is 3. The minimum absolute atomic E-state index is 0.203. The molecule has 0 bridgehead atoms. The maximum Gasteiger partial charge on any atom is 0.326 e. The average Bonchev–Trinajstić information content (AvgIpc) is 2.70. The molecule has 1 heterocycles. The predicted octanol–water partition coefficient (Wildman–Crippen LogP) is 1.21. The van der Waals surface area contributed by atoms with Crippen molar-refractivity contribution in [3.05, 3.63) is 59.2 Å². The topological polar surface area (TPSA) is 119 Å². The van der Waals surface area contributed by atoms with E-state index in [-0.39, 0.29) is 36.6 Å². The van der Waals surface area contributed by atoms with Crippen molar-refractivity contribution in [2.75, 3.05) is 13.7 Å². The Hall–Kier alpha value is -3.55. The quantitative estimate of drug-likeness (QED) is 0.773. The van der Waals surface area contributed by atoms with Gasteiger partial charge in [0, 0.05) is 18.5 Å². The molecule has 0 saturated heterocycles. The van der Waals surface area contributed by atoms with Crippen molar-refractivity contribution < 1.29 is 29.0 Å². The highest BCUT2D eigenvalue weighted by Crippen LogP contribution is 2.30. The number of nitrogens with two attached hydrogens (primary N) is 1. The summed E-state index contributed by atoms with van der Waals surface area (Å²) in [5.74, 6) is -1.62. The third-order valence-electron chi connectivity index (χ3n) is 4.57. The van der Waals surface area contributed by atoms with E-state index in [1.165, 1.54) is 30.2 Å². The van der Waals surface area contributed by atoms with Crippen molar-refractivity contribution >= 4 is 17.8 Å². The summed E-state index contributed by atoms with van der Waals surface area (Å²) in [6.07, 6.45) is 0.244. The number of primary amides is 1. The molecule has 28 heavy (non-hydrogen) atoms. The van der Waals surface area contributed by atoms with Crippen LogP contribution in [0.2, 0.25) is 0 Å².